The maximum atomic E-state index is 13.2. The Morgan fingerprint density at radius 1 is 1.30 bits per heavy atom. The molecule has 0 saturated carbocycles. The van der Waals surface area contributed by atoms with Crippen LogP contribution in [0.1, 0.15) is 5.56 Å². The number of benzene rings is 2. The van der Waals surface area contributed by atoms with Crippen LogP contribution in [-0.4, -0.2) is 5.16 Å². The first-order valence-electron chi connectivity index (χ1n) is 5.86. The molecule has 0 unspecified atom stereocenters. The van der Waals surface area contributed by atoms with Gasteiger partial charge in [-0.1, -0.05) is 22.8 Å². The molecule has 2 N–H and O–H groups in total. The first-order valence-corrected chi connectivity index (χ1v) is 6.23. The molecule has 3 rings (SSSR count). The van der Waals surface area contributed by atoms with E-state index in [4.69, 9.17) is 26.6 Å². The number of fused-ring (bicyclic) bond motifs is 1. The smallest absolute Gasteiger partial charge is 0.178 e. The largest absolute Gasteiger partial charge is 0.488 e. The molecule has 0 aliphatic heterocycles. The van der Waals surface area contributed by atoms with Crippen LogP contribution in [0.25, 0.3) is 11.0 Å². The molecule has 0 aliphatic carbocycles. The highest BCUT2D eigenvalue weighted by molar-refractivity contribution is 6.31. The molecule has 3 aromatic rings. The second kappa shape index (κ2) is 5.02. The summed E-state index contributed by atoms with van der Waals surface area (Å²) < 4.78 is 23.9. The van der Waals surface area contributed by atoms with Crippen LogP contribution in [0.3, 0.4) is 0 Å². The van der Waals surface area contributed by atoms with Gasteiger partial charge in [0.25, 0.3) is 0 Å². The molecule has 6 heteroatoms. The normalized spacial score (nSPS) is 10.9. The number of aromatic nitrogens is 1. The minimum atomic E-state index is -0.365. The van der Waals surface area contributed by atoms with Gasteiger partial charge in [0.1, 0.15) is 23.6 Å². The maximum absolute atomic E-state index is 13.2. The van der Waals surface area contributed by atoms with E-state index < -0.39 is 0 Å². The number of nitrogens with two attached hydrogens (primary N) is 1. The molecular weight excluding hydrogens is 283 g/mol. The van der Waals surface area contributed by atoms with Crippen LogP contribution in [0.2, 0.25) is 5.02 Å². The minimum absolute atomic E-state index is 0.125. The lowest BCUT2D eigenvalue weighted by Gasteiger charge is -2.08. The van der Waals surface area contributed by atoms with E-state index in [9.17, 15) is 4.39 Å². The highest BCUT2D eigenvalue weighted by atomic mass is 35.5. The predicted molar refractivity (Wildman–Crippen MR) is 74.2 cm³/mol. The Balaban J connectivity index is 1.90. The fourth-order valence-electron chi connectivity index (χ4n) is 1.91. The fraction of sp³-hybridized carbons (Fsp3) is 0.0714. The summed E-state index contributed by atoms with van der Waals surface area (Å²) in [5, 5.41) is 4.72. The molecule has 0 fully saturated rings. The zero-order valence-corrected chi connectivity index (χ0v) is 11.0. The van der Waals surface area contributed by atoms with E-state index in [1.807, 2.05) is 0 Å². The van der Waals surface area contributed by atoms with E-state index in [0.29, 0.717) is 27.3 Å². The van der Waals surface area contributed by atoms with Crippen molar-refractivity contribution in [3.8, 4) is 5.75 Å². The number of ether oxygens (including phenoxy) is 1. The van der Waals surface area contributed by atoms with Crippen molar-refractivity contribution in [1.29, 1.82) is 0 Å². The highest BCUT2D eigenvalue weighted by Crippen LogP contribution is 2.31. The molecule has 0 radical (unpaired) electrons. The van der Waals surface area contributed by atoms with Gasteiger partial charge in [-0.05, 0) is 30.3 Å². The molecule has 0 atom stereocenters. The lowest BCUT2D eigenvalue weighted by molar-refractivity contribution is 0.309. The average Bonchev–Trinajstić information content (AvgIpc) is 2.82. The van der Waals surface area contributed by atoms with E-state index in [1.54, 1.807) is 18.2 Å². The van der Waals surface area contributed by atoms with Gasteiger partial charge in [-0.15, -0.1) is 0 Å². The molecule has 0 saturated heterocycles. The summed E-state index contributed by atoms with van der Waals surface area (Å²) in [6.45, 7) is 0.125. The SMILES string of the molecule is Nc1noc2cccc(OCc3cc(F)ccc3Cl)c12. The van der Waals surface area contributed by atoms with E-state index >= 15 is 0 Å². The van der Waals surface area contributed by atoms with Crippen molar-refractivity contribution >= 4 is 28.4 Å². The summed E-state index contributed by atoms with van der Waals surface area (Å²) in [6, 6.07) is 9.35. The van der Waals surface area contributed by atoms with Gasteiger partial charge in [-0.2, -0.15) is 0 Å². The zero-order chi connectivity index (χ0) is 14.1. The summed E-state index contributed by atoms with van der Waals surface area (Å²) in [4.78, 5) is 0. The van der Waals surface area contributed by atoms with E-state index in [2.05, 4.69) is 5.16 Å². The van der Waals surface area contributed by atoms with Crippen molar-refractivity contribution in [1.82, 2.24) is 5.16 Å². The van der Waals surface area contributed by atoms with Gasteiger partial charge in [-0.3, -0.25) is 0 Å². The summed E-state index contributed by atoms with van der Waals surface area (Å²) in [6.07, 6.45) is 0. The van der Waals surface area contributed by atoms with Gasteiger partial charge in [0.05, 0.1) is 0 Å². The van der Waals surface area contributed by atoms with Gasteiger partial charge in [-0.25, -0.2) is 4.39 Å². The number of nitrogens with zero attached hydrogens (tertiary/aromatic N) is 1. The van der Waals surface area contributed by atoms with Crippen LogP contribution in [0.4, 0.5) is 10.2 Å². The molecule has 0 amide bonds. The minimum Gasteiger partial charge on any atom is -0.488 e. The van der Waals surface area contributed by atoms with Crippen LogP contribution in [0.15, 0.2) is 40.9 Å². The first kappa shape index (κ1) is 12.7. The monoisotopic (exact) mass is 292 g/mol. The highest BCUT2D eigenvalue weighted by Gasteiger charge is 2.12. The van der Waals surface area contributed by atoms with E-state index in [1.165, 1.54) is 18.2 Å². The fourth-order valence-corrected chi connectivity index (χ4v) is 2.09. The molecule has 4 nitrogen and oxygen atoms in total. The van der Waals surface area contributed by atoms with Gasteiger partial charge in [0.15, 0.2) is 11.4 Å². The molecule has 1 aromatic heterocycles. The lowest BCUT2D eigenvalue weighted by Crippen LogP contribution is -1.98. The van der Waals surface area contributed by atoms with Crippen LogP contribution < -0.4 is 10.5 Å². The molecular formula is C14H10ClFN2O2. The van der Waals surface area contributed by atoms with Crippen molar-refractivity contribution in [2.45, 2.75) is 6.61 Å². The number of hydrogen-bond acceptors (Lipinski definition) is 4. The van der Waals surface area contributed by atoms with Crippen LogP contribution in [-0.2, 0) is 6.61 Å². The van der Waals surface area contributed by atoms with E-state index in [0.717, 1.165) is 0 Å². The standard InChI is InChI=1S/C14H10ClFN2O2/c15-10-5-4-9(16)6-8(10)7-19-11-2-1-3-12-13(11)14(17)18-20-12/h1-6H,7H2,(H2,17,18). The van der Waals surface area contributed by atoms with Crippen LogP contribution in [0.5, 0.6) is 5.75 Å². The molecule has 20 heavy (non-hydrogen) atoms. The zero-order valence-electron chi connectivity index (χ0n) is 10.3. The van der Waals surface area contributed by atoms with Gasteiger partial charge >= 0.3 is 0 Å². The first-order chi connectivity index (χ1) is 9.65. The molecule has 1 heterocycles. The molecule has 0 aliphatic rings. The molecule has 0 spiro atoms. The number of halogens is 2. The van der Waals surface area contributed by atoms with Gasteiger partial charge in [0, 0.05) is 10.6 Å². The molecule has 2 aromatic carbocycles. The summed E-state index contributed by atoms with van der Waals surface area (Å²) in [5.74, 6) is 0.401. The second-order valence-electron chi connectivity index (χ2n) is 4.22. The van der Waals surface area contributed by atoms with Crippen LogP contribution in [0, 0.1) is 5.82 Å². The predicted octanol–water partition coefficient (Wildman–Crippen LogP) is 3.78. The Morgan fingerprint density at radius 3 is 3.00 bits per heavy atom. The second-order valence-corrected chi connectivity index (χ2v) is 4.63. The Bertz CT molecular complexity index is 773. The third-order valence-corrected chi connectivity index (χ3v) is 3.25. The summed E-state index contributed by atoms with van der Waals surface area (Å²) >= 11 is 5.99. The van der Waals surface area contributed by atoms with Gasteiger partial charge in [0.2, 0.25) is 0 Å². The third-order valence-electron chi connectivity index (χ3n) is 2.88. The Hall–Kier alpha value is -2.27. The molecule has 0 bridgehead atoms. The Morgan fingerprint density at radius 2 is 2.15 bits per heavy atom. The Labute approximate surface area is 118 Å². The number of nitrogen functional groups attached to an aromatic ring is 1. The van der Waals surface area contributed by atoms with Crippen molar-refractivity contribution in [3.05, 3.63) is 52.8 Å². The summed E-state index contributed by atoms with van der Waals surface area (Å²) in [5.41, 5.74) is 6.82. The van der Waals surface area contributed by atoms with E-state index in [-0.39, 0.29) is 18.2 Å². The number of hydrogen-bond donors (Lipinski definition) is 1. The Kier molecular flexibility index (Phi) is 3.20. The third kappa shape index (κ3) is 2.28. The summed E-state index contributed by atoms with van der Waals surface area (Å²) in [7, 11) is 0. The van der Waals surface area contributed by atoms with Crippen LogP contribution >= 0.6 is 11.6 Å². The topological polar surface area (TPSA) is 61.3 Å². The average molecular weight is 293 g/mol. The van der Waals surface area contributed by atoms with Crippen molar-refractivity contribution in [2.75, 3.05) is 5.73 Å². The molecule has 102 valence electrons. The van der Waals surface area contributed by atoms with Crippen molar-refractivity contribution < 1.29 is 13.7 Å². The van der Waals surface area contributed by atoms with Crippen molar-refractivity contribution in [2.24, 2.45) is 0 Å². The van der Waals surface area contributed by atoms with Crippen molar-refractivity contribution in [3.63, 3.8) is 0 Å². The maximum Gasteiger partial charge on any atom is 0.178 e. The number of anilines is 1. The van der Waals surface area contributed by atoms with Gasteiger partial charge < -0.3 is 15.0 Å². The lowest BCUT2D eigenvalue weighted by atomic mass is 10.2. The quantitative estimate of drug-likeness (QED) is 0.798. The number of rotatable bonds is 3.